The van der Waals surface area contributed by atoms with Crippen molar-refractivity contribution in [3.63, 3.8) is 0 Å². The molecular formula is C15H24N2O. The topological polar surface area (TPSA) is 36.4 Å². The molecule has 2 rings (SSSR count). The van der Waals surface area contributed by atoms with Crippen LogP contribution in [0.4, 0.5) is 5.82 Å². The molecule has 1 unspecified atom stereocenters. The van der Waals surface area contributed by atoms with E-state index >= 15 is 0 Å². The van der Waals surface area contributed by atoms with Crippen molar-refractivity contribution >= 4 is 5.82 Å². The zero-order valence-corrected chi connectivity index (χ0v) is 11.5. The Hall–Kier alpha value is -1.09. The maximum atomic E-state index is 9.88. The Morgan fingerprint density at radius 2 is 2.33 bits per heavy atom. The highest BCUT2D eigenvalue weighted by molar-refractivity contribution is 5.49. The molecule has 1 aromatic rings. The Bertz CT molecular complexity index is 377. The maximum absolute atomic E-state index is 9.88. The molecular weight excluding hydrogens is 224 g/mol. The SMILES string of the molecule is CCCC1CCCCN1c1ncccc1[C@H](C)O. The molecule has 1 saturated heterocycles. The van der Waals surface area contributed by atoms with Gasteiger partial charge in [-0.1, -0.05) is 19.4 Å². The Kier molecular flexibility index (Phi) is 4.59. The Balaban J connectivity index is 2.27. The van der Waals surface area contributed by atoms with Crippen LogP contribution >= 0.6 is 0 Å². The van der Waals surface area contributed by atoms with Crippen LogP contribution in [-0.4, -0.2) is 22.7 Å². The van der Waals surface area contributed by atoms with E-state index in [4.69, 9.17) is 0 Å². The van der Waals surface area contributed by atoms with Crippen molar-refractivity contribution < 1.29 is 5.11 Å². The highest BCUT2D eigenvalue weighted by Crippen LogP contribution is 2.30. The third kappa shape index (κ3) is 2.83. The highest BCUT2D eigenvalue weighted by atomic mass is 16.3. The lowest BCUT2D eigenvalue weighted by atomic mass is 9.97. The standard InChI is InChI=1S/C15H24N2O/c1-3-7-13-8-4-5-11-17(13)15-14(12(2)18)9-6-10-16-15/h6,9-10,12-13,18H,3-5,7-8,11H2,1-2H3/t12-,13?/m0/s1. The molecule has 0 bridgehead atoms. The molecule has 0 saturated carbocycles. The van der Waals surface area contributed by atoms with Crippen LogP contribution in [0.2, 0.25) is 0 Å². The molecule has 0 aromatic carbocycles. The van der Waals surface area contributed by atoms with Crippen molar-refractivity contribution in [1.29, 1.82) is 0 Å². The first-order valence-electron chi connectivity index (χ1n) is 7.13. The fourth-order valence-electron chi connectivity index (χ4n) is 2.89. The first kappa shape index (κ1) is 13.3. The van der Waals surface area contributed by atoms with Gasteiger partial charge in [0.2, 0.25) is 0 Å². The summed E-state index contributed by atoms with van der Waals surface area (Å²) in [5, 5.41) is 9.88. The van der Waals surface area contributed by atoms with E-state index in [0.717, 1.165) is 17.9 Å². The zero-order chi connectivity index (χ0) is 13.0. The Morgan fingerprint density at radius 1 is 1.50 bits per heavy atom. The van der Waals surface area contributed by atoms with E-state index in [1.807, 2.05) is 25.3 Å². The van der Waals surface area contributed by atoms with Crippen LogP contribution in [0, 0.1) is 0 Å². The molecule has 1 aliphatic heterocycles. The van der Waals surface area contributed by atoms with Crippen LogP contribution in [0.25, 0.3) is 0 Å². The summed E-state index contributed by atoms with van der Waals surface area (Å²) < 4.78 is 0. The molecule has 0 aliphatic carbocycles. The van der Waals surface area contributed by atoms with Gasteiger partial charge < -0.3 is 10.0 Å². The van der Waals surface area contributed by atoms with Crippen LogP contribution in [0.3, 0.4) is 0 Å². The monoisotopic (exact) mass is 248 g/mol. The van der Waals surface area contributed by atoms with E-state index in [9.17, 15) is 5.11 Å². The number of pyridine rings is 1. The van der Waals surface area contributed by atoms with Gasteiger partial charge in [-0.25, -0.2) is 4.98 Å². The normalized spacial score (nSPS) is 21.9. The second-order valence-corrected chi connectivity index (χ2v) is 5.22. The molecule has 1 fully saturated rings. The first-order chi connectivity index (χ1) is 8.74. The van der Waals surface area contributed by atoms with Crippen molar-refractivity contribution in [3.8, 4) is 0 Å². The van der Waals surface area contributed by atoms with Gasteiger partial charge in [-0.05, 0) is 38.7 Å². The maximum Gasteiger partial charge on any atom is 0.134 e. The molecule has 2 atom stereocenters. The van der Waals surface area contributed by atoms with Crippen LogP contribution in [0.15, 0.2) is 18.3 Å². The molecule has 3 heteroatoms. The van der Waals surface area contributed by atoms with E-state index in [-0.39, 0.29) is 0 Å². The molecule has 1 aromatic heterocycles. The van der Waals surface area contributed by atoms with Gasteiger partial charge in [-0.3, -0.25) is 0 Å². The number of aromatic nitrogens is 1. The van der Waals surface area contributed by atoms with Gasteiger partial charge in [-0.15, -0.1) is 0 Å². The van der Waals surface area contributed by atoms with Crippen molar-refractivity contribution in [2.45, 2.75) is 58.1 Å². The number of piperidine rings is 1. The average molecular weight is 248 g/mol. The second kappa shape index (κ2) is 6.19. The quantitative estimate of drug-likeness (QED) is 0.888. The smallest absolute Gasteiger partial charge is 0.134 e. The van der Waals surface area contributed by atoms with Crippen molar-refractivity contribution in [2.75, 3.05) is 11.4 Å². The molecule has 0 radical (unpaired) electrons. The minimum Gasteiger partial charge on any atom is -0.389 e. The molecule has 100 valence electrons. The number of aliphatic hydroxyl groups excluding tert-OH is 1. The van der Waals surface area contributed by atoms with E-state index < -0.39 is 6.10 Å². The van der Waals surface area contributed by atoms with E-state index in [1.54, 1.807) is 0 Å². The number of hydrogen-bond donors (Lipinski definition) is 1. The van der Waals surface area contributed by atoms with Gasteiger partial charge in [0.25, 0.3) is 0 Å². The lowest BCUT2D eigenvalue weighted by Gasteiger charge is -2.38. The summed E-state index contributed by atoms with van der Waals surface area (Å²) in [5.74, 6) is 0.991. The fourth-order valence-corrected chi connectivity index (χ4v) is 2.89. The molecule has 0 spiro atoms. The van der Waals surface area contributed by atoms with E-state index in [0.29, 0.717) is 6.04 Å². The predicted molar refractivity (Wildman–Crippen MR) is 74.8 cm³/mol. The largest absolute Gasteiger partial charge is 0.389 e. The molecule has 2 heterocycles. The molecule has 18 heavy (non-hydrogen) atoms. The lowest BCUT2D eigenvalue weighted by molar-refractivity contribution is 0.199. The summed E-state index contributed by atoms with van der Waals surface area (Å²) in [6, 6.07) is 4.49. The third-order valence-corrected chi connectivity index (χ3v) is 3.79. The minimum absolute atomic E-state index is 0.446. The summed E-state index contributed by atoms with van der Waals surface area (Å²) >= 11 is 0. The van der Waals surface area contributed by atoms with Crippen molar-refractivity contribution in [1.82, 2.24) is 4.98 Å². The fraction of sp³-hybridized carbons (Fsp3) is 0.667. The van der Waals surface area contributed by atoms with Crippen molar-refractivity contribution in [3.05, 3.63) is 23.9 Å². The summed E-state index contributed by atoms with van der Waals surface area (Å²) in [5.41, 5.74) is 0.959. The Morgan fingerprint density at radius 3 is 3.06 bits per heavy atom. The first-order valence-corrected chi connectivity index (χ1v) is 7.13. The molecule has 1 aliphatic rings. The van der Waals surface area contributed by atoms with Gasteiger partial charge in [0.05, 0.1) is 6.10 Å². The predicted octanol–water partition coefficient (Wildman–Crippen LogP) is 3.29. The number of hydrogen-bond acceptors (Lipinski definition) is 3. The lowest BCUT2D eigenvalue weighted by Crippen LogP contribution is -2.40. The zero-order valence-electron chi connectivity index (χ0n) is 11.5. The van der Waals surface area contributed by atoms with E-state index in [2.05, 4.69) is 16.8 Å². The van der Waals surface area contributed by atoms with Gasteiger partial charge in [0, 0.05) is 24.3 Å². The van der Waals surface area contributed by atoms with Gasteiger partial charge in [0.15, 0.2) is 0 Å². The number of rotatable bonds is 4. The van der Waals surface area contributed by atoms with Gasteiger partial charge in [-0.2, -0.15) is 0 Å². The van der Waals surface area contributed by atoms with Crippen molar-refractivity contribution in [2.24, 2.45) is 0 Å². The summed E-state index contributed by atoms with van der Waals surface area (Å²) in [7, 11) is 0. The molecule has 1 N–H and O–H groups in total. The number of aliphatic hydroxyl groups is 1. The van der Waals surface area contributed by atoms with Gasteiger partial charge >= 0.3 is 0 Å². The Labute approximate surface area is 110 Å². The summed E-state index contributed by atoms with van der Waals surface area (Å²) in [6.07, 6.45) is 7.61. The van der Waals surface area contributed by atoms with E-state index in [1.165, 1.54) is 32.1 Å². The average Bonchev–Trinajstić information content (AvgIpc) is 2.40. The van der Waals surface area contributed by atoms with Crippen LogP contribution < -0.4 is 4.90 Å². The second-order valence-electron chi connectivity index (χ2n) is 5.22. The third-order valence-electron chi connectivity index (χ3n) is 3.79. The highest BCUT2D eigenvalue weighted by Gasteiger charge is 2.25. The molecule has 0 amide bonds. The summed E-state index contributed by atoms with van der Waals surface area (Å²) in [6.45, 7) is 5.13. The number of nitrogens with zero attached hydrogens (tertiary/aromatic N) is 2. The van der Waals surface area contributed by atoms with Crippen LogP contribution in [0.1, 0.15) is 57.6 Å². The van der Waals surface area contributed by atoms with Gasteiger partial charge in [0.1, 0.15) is 5.82 Å². The van der Waals surface area contributed by atoms with Crippen LogP contribution in [0.5, 0.6) is 0 Å². The molecule has 3 nitrogen and oxygen atoms in total. The summed E-state index contributed by atoms with van der Waals surface area (Å²) in [4.78, 5) is 6.93. The minimum atomic E-state index is -0.446. The number of anilines is 1. The van der Waals surface area contributed by atoms with Crippen LogP contribution in [-0.2, 0) is 0 Å².